The van der Waals surface area contributed by atoms with Gasteiger partial charge in [-0.2, -0.15) is 0 Å². The fraction of sp³-hybridized carbons (Fsp3) is 0.300. The molecule has 2 rings (SSSR count). The molecule has 8 nitrogen and oxygen atoms in total. The summed E-state index contributed by atoms with van der Waals surface area (Å²) >= 11 is 0. The van der Waals surface area contributed by atoms with Crippen molar-refractivity contribution in [3.63, 3.8) is 0 Å². The number of carbonyl (C=O) groups is 2. The van der Waals surface area contributed by atoms with Gasteiger partial charge >= 0.3 is 5.97 Å². The van der Waals surface area contributed by atoms with Gasteiger partial charge in [0.1, 0.15) is 11.4 Å². The number of nitro groups is 1. The van der Waals surface area contributed by atoms with Crippen LogP contribution >= 0.6 is 0 Å². The number of nitro benzene ring substituents is 1. The molecule has 0 radical (unpaired) electrons. The molecule has 0 saturated carbocycles. The first-order chi connectivity index (χ1) is 13.4. The summed E-state index contributed by atoms with van der Waals surface area (Å²) in [5, 5.41) is 13.4. The third-order valence-electron chi connectivity index (χ3n) is 3.85. The van der Waals surface area contributed by atoms with Crippen LogP contribution in [0.2, 0.25) is 0 Å². The van der Waals surface area contributed by atoms with Crippen LogP contribution in [0.15, 0.2) is 48.5 Å². The second-order valence-corrected chi connectivity index (χ2v) is 6.16. The smallest absolute Gasteiger partial charge is 0.306 e. The highest BCUT2D eigenvalue weighted by Gasteiger charge is 2.21. The molecule has 0 aliphatic heterocycles. The first-order valence-electron chi connectivity index (χ1n) is 8.80. The minimum Gasteiger partial charge on any atom is -0.494 e. The van der Waals surface area contributed by atoms with Gasteiger partial charge in [0.2, 0.25) is 0 Å². The average Bonchev–Trinajstić information content (AvgIpc) is 2.66. The molecule has 0 heterocycles. The molecule has 0 fully saturated rings. The summed E-state index contributed by atoms with van der Waals surface area (Å²) in [6.07, 6.45) is -0.550. The maximum absolute atomic E-state index is 12.1. The number of esters is 1. The standard InChI is InChI=1S/C20H22N2O6/c1-14-9-11-16(12-10-14)27-13-5-8-19(23)28-15(2)20(24)21-17-6-3-4-7-18(17)22(25)26/h3-4,6-7,9-12,15H,5,8,13H2,1-2H3,(H,21,24)/t15-/m0/s1. The lowest BCUT2D eigenvalue weighted by molar-refractivity contribution is -0.383. The lowest BCUT2D eigenvalue weighted by atomic mass is 10.2. The number of rotatable bonds is 9. The predicted molar refractivity (Wildman–Crippen MR) is 103 cm³/mol. The summed E-state index contributed by atoms with van der Waals surface area (Å²) < 4.78 is 10.6. The topological polar surface area (TPSA) is 108 Å². The lowest BCUT2D eigenvalue weighted by Gasteiger charge is -2.13. The number of carbonyl (C=O) groups excluding carboxylic acids is 2. The number of hydrogen-bond donors (Lipinski definition) is 1. The molecule has 28 heavy (non-hydrogen) atoms. The van der Waals surface area contributed by atoms with E-state index < -0.39 is 22.9 Å². The third-order valence-corrected chi connectivity index (χ3v) is 3.85. The summed E-state index contributed by atoms with van der Waals surface area (Å²) in [6, 6.07) is 13.3. The van der Waals surface area contributed by atoms with Gasteiger partial charge in [-0.3, -0.25) is 19.7 Å². The molecule has 1 amide bonds. The van der Waals surface area contributed by atoms with E-state index in [9.17, 15) is 19.7 Å². The highest BCUT2D eigenvalue weighted by Crippen LogP contribution is 2.23. The highest BCUT2D eigenvalue weighted by atomic mass is 16.6. The van der Waals surface area contributed by atoms with E-state index >= 15 is 0 Å². The van der Waals surface area contributed by atoms with Gasteiger partial charge in [-0.1, -0.05) is 29.8 Å². The van der Waals surface area contributed by atoms with E-state index in [1.807, 2.05) is 31.2 Å². The van der Waals surface area contributed by atoms with Crippen molar-refractivity contribution in [1.82, 2.24) is 0 Å². The molecular weight excluding hydrogens is 364 g/mol. The van der Waals surface area contributed by atoms with E-state index in [1.54, 1.807) is 6.07 Å². The number of anilines is 1. The predicted octanol–water partition coefficient (Wildman–Crippen LogP) is 3.63. The van der Waals surface area contributed by atoms with E-state index in [-0.39, 0.29) is 17.8 Å². The average molecular weight is 386 g/mol. The Kier molecular flexibility index (Phi) is 7.50. The van der Waals surface area contributed by atoms with Gasteiger partial charge in [0.15, 0.2) is 6.10 Å². The van der Waals surface area contributed by atoms with Crippen molar-refractivity contribution >= 4 is 23.3 Å². The first kappa shape index (κ1) is 20.9. The van der Waals surface area contributed by atoms with Crippen LogP contribution in [0.25, 0.3) is 0 Å². The maximum Gasteiger partial charge on any atom is 0.306 e. The zero-order valence-electron chi connectivity index (χ0n) is 15.7. The molecule has 148 valence electrons. The molecule has 1 N–H and O–H groups in total. The monoisotopic (exact) mass is 386 g/mol. The molecule has 1 atom stereocenters. The number of hydrogen-bond acceptors (Lipinski definition) is 6. The number of nitrogens with zero attached hydrogens (tertiary/aromatic N) is 1. The van der Waals surface area contributed by atoms with Crippen LogP contribution in [0.1, 0.15) is 25.3 Å². The van der Waals surface area contributed by atoms with Gasteiger partial charge in [0.05, 0.1) is 11.5 Å². The minimum absolute atomic E-state index is 0.0481. The number of aryl methyl sites for hydroxylation is 1. The van der Waals surface area contributed by atoms with Crippen molar-refractivity contribution in [1.29, 1.82) is 0 Å². The van der Waals surface area contributed by atoms with Crippen LogP contribution in [0.5, 0.6) is 5.75 Å². The summed E-state index contributed by atoms with van der Waals surface area (Å²) in [5.41, 5.74) is 0.943. The number of amides is 1. The van der Waals surface area contributed by atoms with E-state index in [2.05, 4.69) is 5.32 Å². The molecule has 2 aromatic rings. The second-order valence-electron chi connectivity index (χ2n) is 6.16. The Bertz CT molecular complexity index is 835. The van der Waals surface area contributed by atoms with Gasteiger partial charge in [0.25, 0.3) is 11.6 Å². The van der Waals surface area contributed by atoms with Crippen LogP contribution in [0, 0.1) is 17.0 Å². The lowest BCUT2D eigenvalue weighted by Crippen LogP contribution is -2.30. The van der Waals surface area contributed by atoms with E-state index in [0.29, 0.717) is 13.0 Å². The Labute approximate surface area is 162 Å². The van der Waals surface area contributed by atoms with Crippen molar-refractivity contribution in [2.75, 3.05) is 11.9 Å². The zero-order chi connectivity index (χ0) is 20.5. The minimum atomic E-state index is -1.08. The summed E-state index contributed by atoms with van der Waals surface area (Å²) in [4.78, 5) is 34.4. The normalized spacial score (nSPS) is 11.4. The fourth-order valence-corrected chi connectivity index (χ4v) is 2.32. The Morgan fingerprint density at radius 2 is 1.82 bits per heavy atom. The summed E-state index contributed by atoms with van der Waals surface area (Å²) in [7, 11) is 0. The van der Waals surface area contributed by atoms with Crippen molar-refractivity contribution in [3.8, 4) is 5.75 Å². The molecule has 2 aromatic carbocycles. The molecule has 8 heteroatoms. The number of nitrogens with one attached hydrogen (secondary N) is 1. The third kappa shape index (κ3) is 6.39. The van der Waals surface area contributed by atoms with Crippen LogP contribution in [0.4, 0.5) is 11.4 Å². The Morgan fingerprint density at radius 3 is 2.50 bits per heavy atom. The van der Waals surface area contributed by atoms with Gasteiger partial charge in [0, 0.05) is 12.5 Å². The first-order valence-corrected chi connectivity index (χ1v) is 8.80. The second kappa shape index (κ2) is 10.1. The molecule has 0 saturated heterocycles. The largest absolute Gasteiger partial charge is 0.494 e. The quantitative estimate of drug-likeness (QED) is 0.305. The molecule has 0 bridgehead atoms. The summed E-state index contributed by atoms with van der Waals surface area (Å²) in [6.45, 7) is 3.73. The van der Waals surface area contributed by atoms with E-state index in [0.717, 1.165) is 11.3 Å². The van der Waals surface area contributed by atoms with Crippen molar-refractivity contribution < 1.29 is 24.0 Å². The molecular formula is C20H22N2O6. The molecule has 0 aliphatic carbocycles. The fourth-order valence-electron chi connectivity index (χ4n) is 2.32. The van der Waals surface area contributed by atoms with Crippen molar-refractivity contribution in [2.45, 2.75) is 32.8 Å². The van der Waals surface area contributed by atoms with E-state index in [1.165, 1.54) is 25.1 Å². The van der Waals surface area contributed by atoms with Crippen molar-refractivity contribution in [3.05, 3.63) is 64.2 Å². The van der Waals surface area contributed by atoms with Crippen LogP contribution in [-0.2, 0) is 14.3 Å². The summed E-state index contributed by atoms with van der Waals surface area (Å²) in [5.74, 6) is -0.465. The Morgan fingerprint density at radius 1 is 1.14 bits per heavy atom. The van der Waals surface area contributed by atoms with Crippen LogP contribution < -0.4 is 10.1 Å². The van der Waals surface area contributed by atoms with Crippen LogP contribution in [0.3, 0.4) is 0 Å². The van der Waals surface area contributed by atoms with E-state index in [4.69, 9.17) is 9.47 Å². The van der Waals surface area contributed by atoms with Gasteiger partial charge in [-0.25, -0.2) is 0 Å². The maximum atomic E-state index is 12.1. The SMILES string of the molecule is Cc1ccc(OCCCC(=O)O[C@@H](C)C(=O)Nc2ccccc2[N+](=O)[O-])cc1. The number of para-hydroxylation sites is 2. The Balaban J connectivity index is 1.74. The van der Waals surface area contributed by atoms with Gasteiger partial charge < -0.3 is 14.8 Å². The number of ether oxygens (including phenoxy) is 2. The van der Waals surface area contributed by atoms with Gasteiger partial charge in [-0.05, 0) is 38.5 Å². The highest BCUT2D eigenvalue weighted by molar-refractivity contribution is 5.96. The van der Waals surface area contributed by atoms with Crippen molar-refractivity contribution in [2.24, 2.45) is 0 Å². The molecule has 0 aliphatic rings. The number of benzene rings is 2. The molecule has 0 spiro atoms. The Hall–Kier alpha value is -3.42. The van der Waals surface area contributed by atoms with Crippen LogP contribution in [-0.4, -0.2) is 29.5 Å². The zero-order valence-corrected chi connectivity index (χ0v) is 15.7. The van der Waals surface area contributed by atoms with Gasteiger partial charge in [-0.15, -0.1) is 0 Å². The molecule has 0 unspecified atom stereocenters. The molecule has 0 aromatic heterocycles.